The Balaban J connectivity index is 1.76. The van der Waals surface area contributed by atoms with Crippen LogP contribution in [0.1, 0.15) is 32.3 Å². The quantitative estimate of drug-likeness (QED) is 0.899. The highest BCUT2D eigenvalue weighted by atomic mass is 16.5. The molecule has 0 aromatic carbocycles. The van der Waals surface area contributed by atoms with Crippen molar-refractivity contribution in [1.29, 1.82) is 0 Å². The zero-order valence-corrected chi connectivity index (χ0v) is 11.8. The number of ether oxygens (including phenoxy) is 1. The van der Waals surface area contributed by atoms with Crippen LogP contribution in [0, 0.1) is 0 Å². The number of nitrogens with zero attached hydrogens (tertiary/aromatic N) is 2. The van der Waals surface area contributed by atoms with Gasteiger partial charge in [0.25, 0.3) is 0 Å². The minimum absolute atomic E-state index is 0.409. The molecule has 2 aliphatic heterocycles. The number of fused-ring (bicyclic) bond motifs is 2. The molecule has 104 valence electrons. The molecule has 1 N–H and O–H groups in total. The molecule has 2 fully saturated rings. The van der Waals surface area contributed by atoms with Crippen molar-refractivity contribution in [2.75, 3.05) is 18.0 Å². The van der Waals surface area contributed by atoms with Gasteiger partial charge in [-0.1, -0.05) is 19.9 Å². The Hall–Kier alpha value is -1.13. The monoisotopic (exact) mass is 261 g/mol. The lowest BCUT2D eigenvalue weighted by atomic mass is 10.2. The number of aromatic nitrogens is 1. The van der Waals surface area contributed by atoms with Crippen LogP contribution in [0.5, 0.6) is 0 Å². The minimum Gasteiger partial charge on any atom is -0.371 e. The standard InChI is InChI=1S/C15H23N3O/c1-11(2)17-8-12-4-3-7-16-15(12)18-9-13-5-6-14(10-18)19-13/h3-4,7,11,13-14,17H,5-6,8-10H2,1-2H3. The molecule has 2 atom stereocenters. The lowest BCUT2D eigenvalue weighted by molar-refractivity contribution is 0.0301. The van der Waals surface area contributed by atoms with Gasteiger partial charge in [-0.25, -0.2) is 4.98 Å². The fourth-order valence-electron chi connectivity index (χ4n) is 2.95. The summed E-state index contributed by atoms with van der Waals surface area (Å²) < 4.78 is 5.90. The first kappa shape index (κ1) is 12.9. The first-order valence-corrected chi connectivity index (χ1v) is 7.30. The SMILES string of the molecule is CC(C)NCc1cccnc1N1CC2CCC(C1)O2. The number of hydrogen-bond acceptors (Lipinski definition) is 4. The predicted octanol–water partition coefficient (Wildman–Crippen LogP) is 1.95. The van der Waals surface area contributed by atoms with Crippen molar-refractivity contribution < 1.29 is 4.74 Å². The Morgan fingerprint density at radius 2 is 2.11 bits per heavy atom. The van der Waals surface area contributed by atoms with E-state index in [0.29, 0.717) is 18.2 Å². The largest absolute Gasteiger partial charge is 0.371 e. The van der Waals surface area contributed by atoms with Crippen LogP contribution >= 0.6 is 0 Å². The molecule has 3 rings (SSSR count). The van der Waals surface area contributed by atoms with E-state index in [-0.39, 0.29) is 0 Å². The van der Waals surface area contributed by atoms with Crippen LogP contribution in [0.4, 0.5) is 5.82 Å². The second-order valence-corrected chi connectivity index (χ2v) is 5.88. The van der Waals surface area contributed by atoms with E-state index in [2.05, 4.69) is 35.1 Å². The molecule has 19 heavy (non-hydrogen) atoms. The van der Waals surface area contributed by atoms with Gasteiger partial charge < -0.3 is 15.0 Å². The van der Waals surface area contributed by atoms with Gasteiger partial charge in [0.1, 0.15) is 5.82 Å². The highest BCUT2D eigenvalue weighted by Gasteiger charge is 2.34. The summed E-state index contributed by atoms with van der Waals surface area (Å²) in [6, 6.07) is 4.69. The Bertz CT molecular complexity index is 423. The number of anilines is 1. The minimum atomic E-state index is 0.409. The molecular weight excluding hydrogens is 238 g/mol. The number of hydrogen-bond donors (Lipinski definition) is 1. The van der Waals surface area contributed by atoms with E-state index in [0.717, 1.165) is 25.5 Å². The van der Waals surface area contributed by atoms with Crippen LogP contribution in [-0.2, 0) is 11.3 Å². The smallest absolute Gasteiger partial charge is 0.133 e. The van der Waals surface area contributed by atoms with Gasteiger partial charge in [0.15, 0.2) is 0 Å². The molecule has 0 spiro atoms. The van der Waals surface area contributed by atoms with E-state index >= 15 is 0 Å². The summed E-state index contributed by atoms with van der Waals surface area (Å²) in [5.74, 6) is 1.14. The average molecular weight is 261 g/mol. The van der Waals surface area contributed by atoms with E-state index < -0.39 is 0 Å². The maximum Gasteiger partial charge on any atom is 0.133 e. The second-order valence-electron chi connectivity index (χ2n) is 5.88. The van der Waals surface area contributed by atoms with Crippen molar-refractivity contribution in [2.45, 2.75) is 51.5 Å². The van der Waals surface area contributed by atoms with E-state index in [1.54, 1.807) is 0 Å². The first-order chi connectivity index (χ1) is 9.22. The van der Waals surface area contributed by atoms with Gasteiger partial charge in [0, 0.05) is 37.4 Å². The molecule has 2 unspecified atom stereocenters. The van der Waals surface area contributed by atoms with Gasteiger partial charge in [-0.05, 0) is 18.9 Å². The molecule has 4 nitrogen and oxygen atoms in total. The van der Waals surface area contributed by atoms with Gasteiger partial charge in [-0.15, -0.1) is 0 Å². The van der Waals surface area contributed by atoms with E-state index in [4.69, 9.17) is 4.74 Å². The third kappa shape index (κ3) is 2.90. The lowest BCUT2D eigenvalue weighted by Gasteiger charge is -2.34. The summed E-state index contributed by atoms with van der Waals surface area (Å²) in [4.78, 5) is 7.01. The molecule has 4 heteroatoms. The zero-order chi connectivity index (χ0) is 13.2. The Morgan fingerprint density at radius 3 is 2.79 bits per heavy atom. The van der Waals surface area contributed by atoms with Gasteiger partial charge in [-0.2, -0.15) is 0 Å². The topological polar surface area (TPSA) is 37.4 Å². The van der Waals surface area contributed by atoms with Crippen LogP contribution in [0.15, 0.2) is 18.3 Å². The van der Waals surface area contributed by atoms with Gasteiger partial charge in [0.05, 0.1) is 12.2 Å². The van der Waals surface area contributed by atoms with Crippen molar-refractivity contribution in [1.82, 2.24) is 10.3 Å². The van der Waals surface area contributed by atoms with Gasteiger partial charge in [-0.3, -0.25) is 0 Å². The summed E-state index contributed by atoms with van der Waals surface area (Å²) in [5, 5.41) is 3.48. The third-order valence-electron chi connectivity index (χ3n) is 3.91. The molecule has 0 amide bonds. The van der Waals surface area contributed by atoms with E-state index in [1.165, 1.54) is 18.4 Å². The maximum absolute atomic E-state index is 5.90. The highest BCUT2D eigenvalue weighted by Crippen LogP contribution is 2.30. The van der Waals surface area contributed by atoms with Crippen molar-refractivity contribution in [2.24, 2.45) is 0 Å². The predicted molar refractivity (Wildman–Crippen MR) is 76.3 cm³/mol. The summed E-state index contributed by atoms with van der Waals surface area (Å²) >= 11 is 0. The molecule has 2 saturated heterocycles. The average Bonchev–Trinajstić information content (AvgIpc) is 2.75. The molecule has 0 radical (unpaired) electrons. The number of nitrogens with one attached hydrogen (secondary N) is 1. The van der Waals surface area contributed by atoms with E-state index in [1.807, 2.05) is 12.3 Å². The van der Waals surface area contributed by atoms with Crippen LogP contribution in [0.3, 0.4) is 0 Å². The maximum atomic E-state index is 5.90. The van der Waals surface area contributed by atoms with Gasteiger partial charge in [0.2, 0.25) is 0 Å². The fraction of sp³-hybridized carbons (Fsp3) is 0.667. The van der Waals surface area contributed by atoms with Crippen LogP contribution in [0.2, 0.25) is 0 Å². The van der Waals surface area contributed by atoms with E-state index in [9.17, 15) is 0 Å². The van der Waals surface area contributed by atoms with Crippen molar-refractivity contribution in [3.8, 4) is 0 Å². The molecule has 1 aromatic heterocycles. The highest BCUT2D eigenvalue weighted by molar-refractivity contribution is 5.47. The van der Waals surface area contributed by atoms with Crippen LogP contribution < -0.4 is 10.2 Å². The molecular formula is C15H23N3O. The fourth-order valence-corrected chi connectivity index (χ4v) is 2.95. The molecule has 0 saturated carbocycles. The van der Waals surface area contributed by atoms with Crippen molar-refractivity contribution in [3.63, 3.8) is 0 Å². The molecule has 1 aromatic rings. The summed E-state index contributed by atoms with van der Waals surface area (Å²) in [7, 11) is 0. The van der Waals surface area contributed by atoms with Crippen molar-refractivity contribution >= 4 is 5.82 Å². The summed E-state index contributed by atoms with van der Waals surface area (Å²) in [6.07, 6.45) is 5.12. The Morgan fingerprint density at radius 1 is 1.37 bits per heavy atom. The Labute approximate surface area is 115 Å². The van der Waals surface area contributed by atoms with Crippen molar-refractivity contribution in [3.05, 3.63) is 23.9 Å². The Kier molecular flexibility index (Phi) is 3.71. The molecule has 2 aliphatic rings. The van der Waals surface area contributed by atoms with Crippen LogP contribution in [-0.4, -0.2) is 36.3 Å². The first-order valence-electron chi connectivity index (χ1n) is 7.30. The third-order valence-corrected chi connectivity index (χ3v) is 3.91. The number of rotatable bonds is 4. The normalized spacial score (nSPS) is 26.2. The van der Waals surface area contributed by atoms with Crippen LogP contribution in [0.25, 0.3) is 0 Å². The summed E-state index contributed by atoms with van der Waals surface area (Å²) in [5.41, 5.74) is 1.29. The number of morpholine rings is 1. The lowest BCUT2D eigenvalue weighted by Crippen LogP contribution is -2.43. The second kappa shape index (κ2) is 5.47. The van der Waals surface area contributed by atoms with Gasteiger partial charge >= 0.3 is 0 Å². The molecule has 3 heterocycles. The zero-order valence-electron chi connectivity index (χ0n) is 11.8. The molecule has 2 bridgehead atoms. The number of pyridine rings is 1. The molecule has 0 aliphatic carbocycles. The summed E-state index contributed by atoms with van der Waals surface area (Å²) in [6.45, 7) is 7.20.